The minimum absolute atomic E-state index is 0.112. The molecule has 18 heavy (non-hydrogen) atoms. The van der Waals surface area contributed by atoms with Gasteiger partial charge in [0.25, 0.3) is 0 Å². The van der Waals surface area contributed by atoms with Crippen LogP contribution >= 0.6 is 0 Å². The Morgan fingerprint density at radius 1 is 1.28 bits per heavy atom. The van der Waals surface area contributed by atoms with Gasteiger partial charge in [0.2, 0.25) is 0 Å². The Labute approximate surface area is 106 Å². The quantitative estimate of drug-likeness (QED) is 0.865. The molecule has 4 heteroatoms. The van der Waals surface area contributed by atoms with Gasteiger partial charge >= 0.3 is 5.69 Å². The Balaban J connectivity index is 2.31. The molecular formula is C14H19N3O. The summed E-state index contributed by atoms with van der Waals surface area (Å²) in [6.45, 7) is 5.90. The molecule has 0 bridgehead atoms. The van der Waals surface area contributed by atoms with Gasteiger partial charge < -0.3 is 10.7 Å². The molecule has 0 unspecified atom stereocenters. The van der Waals surface area contributed by atoms with Crippen molar-refractivity contribution in [3.63, 3.8) is 0 Å². The zero-order chi connectivity index (χ0) is 13.3. The van der Waals surface area contributed by atoms with Gasteiger partial charge in [-0.1, -0.05) is 12.1 Å². The topological polar surface area (TPSA) is 63.8 Å². The number of nitrogens with zero attached hydrogens (tertiary/aromatic N) is 1. The highest BCUT2D eigenvalue weighted by Gasteiger charge is 2.12. The molecule has 0 saturated heterocycles. The van der Waals surface area contributed by atoms with Gasteiger partial charge in [-0.25, -0.2) is 4.79 Å². The van der Waals surface area contributed by atoms with Crippen LogP contribution in [-0.4, -0.2) is 15.1 Å². The molecule has 3 N–H and O–H groups in total. The number of benzene rings is 1. The summed E-state index contributed by atoms with van der Waals surface area (Å²) in [6.07, 6.45) is 2.52. The number of hydrogen-bond acceptors (Lipinski definition) is 2. The van der Waals surface area contributed by atoms with Gasteiger partial charge in [-0.3, -0.25) is 4.57 Å². The lowest BCUT2D eigenvalue weighted by Gasteiger charge is -2.18. The highest BCUT2D eigenvalue weighted by molar-refractivity contribution is 5.36. The molecule has 2 aromatic rings. The second-order valence-electron chi connectivity index (χ2n) is 5.40. The van der Waals surface area contributed by atoms with Gasteiger partial charge in [0.05, 0.1) is 5.69 Å². The molecule has 0 aliphatic carbocycles. The van der Waals surface area contributed by atoms with Crippen molar-refractivity contribution < 1.29 is 0 Å². The fourth-order valence-electron chi connectivity index (χ4n) is 2.07. The predicted molar refractivity (Wildman–Crippen MR) is 73.1 cm³/mol. The molecule has 0 atom stereocenters. The number of hydrogen-bond donors (Lipinski definition) is 2. The zero-order valence-corrected chi connectivity index (χ0v) is 11.0. The fourth-order valence-corrected chi connectivity index (χ4v) is 2.07. The van der Waals surface area contributed by atoms with E-state index in [1.165, 1.54) is 5.56 Å². The van der Waals surface area contributed by atoms with E-state index in [9.17, 15) is 4.79 Å². The number of nitrogens with two attached hydrogens (primary N) is 1. The molecule has 0 amide bonds. The SMILES string of the molecule is Cc1c[nH]c(=O)n1-c1ccc(CC(C)(C)N)cc1. The highest BCUT2D eigenvalue weighted by atomic mass is 16.1. The Bertz CT molecular complexity index is 585. The molecule has 0 saturated carbocycles. The van der Waals surface area contributed by atoms with Gasteiger partial charge in [0.15, 0.2) is 0 Å². The van der Waals surface area contributed by atoms with E-state index >= 15 is 0 Å². The molecule has 0 aliphatic heterocycles. The molecule has 0 spiro atoms. The maximum absolute atomic E-state index is 11.6. The highest BCUT2D eigenvalue weighted by Crippen LogP contribution is 2.14. The molecule has 0 aliphatic rings. The fraction of sp³-hybridized carbons (Fsp3) is 0.357. The summed E-state index contributed by atoms with van der Waals surface area (Å²) in [7, 11) is 0. The predicted octanol–water partition coefficient (Wildman–Crippen LogP) is 1.75. The van der Waals surface area contributed by atoms with Crippen LogP contribution in [0.2, 0.25) is 0 Å². The molecule has 0 radical (unpaired) electrons. The lowest BCUT2D eigenvalue weighted by atomic mass is 9.96. The summed E-state index contributed by atoms with van der Waals surface area (Å²) in [5.41, 5.74) is 8.60. The molecule has 4 nitrogen and oxygen atoms in total. The van der Waals surface area contributed by atoms with Crippen molar-refractivity contribution in [2.24, 2.45) is 5.73 Å². The summed E-state index contributed by atoms with van der Waals surface area (Å²) in [5, 5.41) is 0. The van der Waals surface area contributed by atoms with Crippen LogP contribution in [0, 0.1) is 6.92 Å². The van der Waals surface area contributed by atoms with Crippen LogP contribution in [0.4, 0.5) is 0 Å². The van der Waals surface area contributed by atoms with Gasteiger partial charge in [-0.2, -0.15) is 0 Å². The summed E-state index contributed by atoms with van der Waals surface area (Å²) in [5.74, 6) is 0. The van der Waals surface area contributed by atoms with Crippen LogP contribution in [0.15, 0.2) is 35.3 Å². The van der Waals surface area contributed by atoms with Crippen molar-refractivity contribution in [2.75, 3.05) is 0 Å². The number of aromatic nitrogens is 2. The molecule has 1 aromatic heterocycles. The monoisotopic (exact) mass is 245 g/mol. The number of imidazole rings is 1. The second kappa shape index (κ2) is 4.46. The van der Waals surface area contributed by atoms with Crippen LogP contribution in [-0.2, 0) is 6.42 Å². The second-order valence-corrected chi connectivity index (χ2v) is 5.40. The van der Waals surface area contributed by atoms with E-state index < -0.39 is 0 Å². The van der Waals surface area contributed by atoms with Crippen molar-refractivity contribution >= 4 is 0 Å². The number of rotatable bonds is 3. The van der Waals surface area contributed by atoms with E-state index in [4.69, 9.17) is 5.73 Å². The first-order chi connectivity index (χ1) is 8.37. The maximum atomic E-state index is 11.6. The summed E-state index contributed by atoms with van der Waals surface area (Å²) in [6, 6.07) is 7.93. The van der Waals surface area contributed by atoms with Crippen molar-refractivity contribution in [1.82, 2.24) is 9.55 Å². The standard InChI is InChI=1S/C14H19N3O/c1-10-9-16-13(18)17(10)12-6-4-11(5-7-12)8-14(2,3)15/h4-7,9H,8,15H2,1-3H3,(H,16,18). The first-order valence-corrected chi connectivity index (χ1v) is 6.02. The molecule has 96 valence electrons. The minimum atomic E-state index is -0.220. The van der Waals surface area contributed by atoms with E-state index in [0.29, 0.717) is 0 Å². The van der Waals surface area contributed by atoms with E-state index in [1.54, 1.807) is 10.8 Å². The van der Waals surface area contributed by atoms with E-state index in [1.807, 2.05) is 45.0 Å². The third-order valence-corrected chi connectivity index (χ3v) is 2.81. The van der Waals surface area contributed by atoms with Gasteiger partial charge in [0, 0.05) is 17.4 Å². The van der Waals surface area contributed by atoms with Crippen LogP contribution in [0.5, 0.6) is 0 Å². The molecule has 1 heterocycles. The van der Waals surface area contributed by atoms with Crippen molar-refractivity contribution in [1.29, 1.82) is 0 Å². The Kier molecular flexibility index (Phi) is 3.13. The van der Waals surface area contributed by atoms with Crippen LogP contribution in [0.3, 0.4) is 0 Å². The molecule has 1 aromatic carbocycles. The van der Waals surface area contributed by atoms with Crippen molar-refractivity contribution in [3.8, 4) is 5.69 Å². The number of H-pyrrole nitrogens is 1. The molecule has 0 fully saturated rings. The van der Waals surface area contributed by atoms with E-state index in [-0.39, 0.29) is 11.2 Å². The average molecular weight is 245 g/mol. The lowest BCUT2D eigenvalue weighted by Crippen LogP contribution is -2.34. The van der Waals surface area contributed by atoms with E-state index in [0.717, 1.165) is 17.8 Å². The maximum Gasteiger partial charge on any atom is 0.330 e. The third-order valence-electron chi connectivity index (χ3n) is 2.81. The summed E-state index contributed by atoms with van der Waals surface area (Å²) >= 11 is 0. The van der Waals surface area contributed by atoms with Crippen molar-refractivity contribution in [2.45, 2.75) is 32.7 Å². The van der Waals surface area contributed by atoms with Gasteiger partial charge in [0.1, 0.15) is 0 Å². The smallest absolute Gasteiger partial charge is 0.325 e. The van der Waals surface area contributed by atoms with Crippen LogP contribution in [0.1, 0.15) is 25.1 Å². The average Bonchev–Trinajstić information content (AvgIpc) is 2.58. The van der Waals surface area contributed by atoms with Crippen LogP contribution in [0.25, 0.3) is 5.69 Å². The van der Waals surface area contributed by atoms with E-state index in [2.05, 4.69) is 4.98 Å². The Hall–Kier alpha value is -1.81. The normalized spacial score (nSPS) is 11.8. The Morgan fingerprint density at radius 2 is 1.89 bits per heavy atom. The zero-order valence-electron chi connectivity index (χ0n) is 11.0. The number of nitrogens with one attached hydrogen (secondary N) is 1. The van der Waals surface area contributed by atoms with Crippen molar-refractivity contribution in [3.05, 3.63) is 52.2 Å². The molecular weight excluding hydrogens is 226 g/mol. The number of aromatic amines is 1. The first kappa shape index (κ1) is 12.6. The van der Waals surface area contributed by atoms with Gasteiger partial charge in [-0.15, -0.1) is 0 Å². The largest absolute Gasteiger partial charge is 0.330 e. The summed E-state index contributed by atoms with van der Waals surface area (Å²) in [4.78, 5) is 14.3. The molecule has 2 rings (SSSR count). The minimum Gasteiger partial charge on any atom is -0.325 e. The van der Waals surface area contributed by atoms with Gasteiger partial charge in [-0.05, 0) is 44.9 Å². The first-order valence-electron chi connectivity index (χ1n) is 6.02. The lowest BCUT2D eigenvalue weighted by molar-refractivity contribution is 0.517. The Morgan fingerprint density at radius 3 is 2.33 bits per heavy atom. The third kappa shape index (κ3) is 2.71. The van der Waals surface area contributed by atoms with Crippen LogP contribution < -0.4 is 11.4 Å². The number of aryl methyl sites for hydroxylation is 1. The summed E-state index contributed by atoms with van der Waals surface area (Å²) < 4.78 is 1.65.